The maximum Gasteiger partial charge on any atom is 0.126 e. The van der Waals surface area contributed by atoms with Gasteiger partial charge in [-0.1, -0.05) is 42.7 Å². The van der Waals surface area contributed by atoms with E-state index in [4.69, 9.17) is 4.74 Å². The van der Waals surface area contributed by atoms with E-state index in [0.29, 0.717) is 12.1 Å². The first-order valence-electron chi connectivity index (χ1n) is 10.9. The standard InChI is InChI=1S/C25H31F2NO/c1-19-5-4-6-21(13-19)24(10-12-29-25(18-24)7-2-3-8-25)9-11-28-17-20-14-22(26)16-23(27)15-20/h4-6,13-16,28H,2-3,7-12,17-18H2,1H3/t24-/m1/s1. The highest BCUT2D eigenvalue weighted by atomic mass is 19.1. The Morgan fingerprint density at radius 3 is 2.48 bits per heavy atom. The molecule has 2 aliphatic rings. The SMILES string of the molecule is Cc1cccc([C@]2(CCNCc3cc(F)cc(F)c3)CCOC3(CCCC3)C2)c1. The third kappa shape index (κ3) is 4.70. The number of rotatable bonds is 6. The summed E-state index contributed by atoms with van der Waals surface area (Å²) in [5, 5.41) is 3.42. The van der Waals surface area contributed by atoms with E-state index >= 15 is 0 Å². The fourth-order valence-corrected chi connectivity index (χ4v) is 5.41. The van der Waals surface area contributed by atoms with Crippen LogP contribution in [0.5, 0.6) is 0 Å². The van der Waals surface area contributed by atoms with Gasteiger partial charge in [-0.2, -0.15) is 0 Å². The number of aryl methyl sites for hydroxylation is 1. The molecule has 1 atom stereocenters. The van der Waals surface area contributed by atoms with Crippen molar-refractivity contribution in [2.24, 2.45) is 0 Å². The first-order chi connectivity index (χ1) is 14.0. The van der Waals surface area contributed by atoms with Crippen LogP contribution in [0.2, 0.25) is 0 Å². The average molecular weight is 400 g/mol. The molecule has 1 heterocycles. The number of benzene rings is 2. The van der Waals surface area contributed by atoms with Gasteiger partial charge in [-0.3, -0.25) is 0 Å². The summed E-state index contributed by atoms with van der Waals surface area (Å²) in [6.45, 7) is 4.24. The topological polar surface area (TPSA) is 21.3 Å². The van der Waals surface area contributed by atoms with Crippen LogP contribution < -0.4 is 5.32 Å². The van der Waals surface area contributed by atoms with Crippen molar-refractivity contribution in [1.29, 1.82) is 0 Å². The van der Waals surface area contributed by atoms with E-state index in [0.717, 1.165) is 51.3 Å². The molecule has 2 aromatic carbocycles. The van der Waals surface area contributed by atoms with Gasteiger partial charge in [0, 0.05) is 24.6 Å². The van der Waals surface area contributed by atoms with E-state index in [9.17, 15) is 8.78 Å². The second-order valence-corrected chi connectivity index (χ2v) is 9.02. The molecule has 29 heavy (non-hydrogen) atoms. The Balaban J connectivity index is 1.48. The van der Waals surface area contributed by atoms with E-state index in [-0.39, 0.29) is 11.0 Å². The molecule has 2 nitrogen and oxygen atoms in total. The van der Waals surface area contributed by atoms with Gasteiger partial charge in [0.05, 0.1) is 5.60 Å². The lowest BCUT2D eigenvalue weighted by Crippen LogP contribution is -2.47. The van der Waals surface area contributed by atoms with Crippen molar-refractivity contribution in [3.05, 3.63) is 70.8 Å². The number of hydrogen-bond acceptors (Lipinski definition) is 2. The zero-order valence-corrected chi connectivity index (χ0v) is 17.3. The Morgan fingerprint density at radius 1 is 1.00 bits per heavy atom. The van der Waals surface area contributed by atoms with Crippen LogP contribution in [0.25, 0.3) is 0 Å². The predicted molar refractivity (Wildman–Crippen MR) is 112 cm³/mol. The zero-order chi connectivity index (χ0) is 20.3. The summed E-state index contributed by atoms with van der Waals surface area (Å²) >= 11 is 0. The number of halogens is 2. The zero-order valence-electron chi connectivity index (χ0n) is 17.3. The fraction of sp³-hybridized carbons (Fsp3) is 0.520. The van der Waals surface area contributed by atoms with Gasteiger partial charge < -0.3 is 10.1 Å². The molecule has 1 saturated carbocycles. The fourth-order valence-electron chi connectivity index (χ4n) is 5.41. The average Bonchev–Trinajstić information content (AvgIpc) is 3.12. The van der Waals surface area contributed by atoms with Crippen LogP contribution in [-0.4, -0.2) is 18.8 Å². The van der Waals surface area contributed by atoms with Crippen LogP contribution in [0.15, 0.2) is 42.5 Å². The van der Waals surface area contributed by atoms with Crippen molar-refractivity contribution < 1.29 is 13.5 Å². The molecule has 0 aromatic heterocycles. The summed E-state index contributed by atoms with van der Waals surface area (Å²) in [7, 11) is 0. The van der Waals surface area contributed by atoms with Crippen molar-refractivity contribution in [2.75, 3.05) is 13.2 Å². The second kappa shape index (κ2) is 8.53. The summed E-state index contributed by atoms with van der Waals surface area (Å²) in [5.41, 5.74) is 3.47. The highest BCUT2D eigenvalue weighted by Crippen LogP contribution is 2.50. The lowest BCUT2D eigenvalue weighted by atomic mass is 9.66. The van der Waals surface area contributed by atoms with Crippen LogP contribution in [0.4, 0.5) is 8.78 Å². The lowest BCUT2D eigenvalue weighted by molar-refractivity contribution is -0.103. The lowest BCUT2D eigenvalue weighted by Gasteiger charge is -2.47. The van der Waals surface area contributed by atoms with Gasteiger partial charge in [-0.25, -0.2) is 8.78 Å². The van der Waals surface area contributed by atoms with Gasteiger partial charge in [0.1, 0.15) is 11.6 Å². The molecule has 0 radical (unpaired) electrons. The smallest absolute Gasteiger partial charge is 0.126 e. The van der Waals surface area contributed by atoms with E-state index in [2.05, 4.69) is 36.5 Å². The van der Waals surface area contributed by atoms with Crippen LogP contribution in [-0.2, 0) is 16.7 Å². The van der Waals surface area contributed by atoms with Crippen molar-refractivity contribution in [3.8, 4) is 0 Å². The molecule has 1 aliphatic heterocycles. The Labute approximate surface area is 172 Å². The largest absolute Gasteiger partial charge is 0.375 e. The summed E-state index contributed by atoms with van der Waals surface area (Å²) in [6, 6.07) is 12.6. The van der Waals surface area contributed by atoms with Crippen LogP contribution in [0.3, 0.4) is 0 Å². The van der Waals surface area contributed by atoms with Gasteiger partial charge in [0.15, 0.2) is 0 Å². The van der Waals surface area contributed by atoms with Crippen molar-refractivity contribution >= 4 is 0 Å². The molecule has 2 fully saturated rings. The minimum Gasteiger partial charge on any atom is -0.375 e. The second-order valence-electron chi connectivity index (χ2n) is 9.02. The molecule has 4 rings (SSSR count). The summed E-state index contributed by atoms with van der Waals surface area (Å²) in [5.74, 6) is -1.05. The number of hydrogen-bond donors (Lipinski definition) is 1. The minimum atomic E-state index is -0.523. The molecule has 1 saturated heterocycles. The van der Waals surface area contributed by atoms with Gasteiger partial charge in [0.25, 0.3) is 0 Å². The molecular formula is C25H31F2NO. The highest BCUT2D eigenvalue weighted by molar-refractivity contribution is 5.31. The van der Waals surface area contributed by atoms with E-state index in [1.807, 2.05) is 0 Å². The number of ether oxygens (including phenoxy) is 1. The Kier molecular flexibility index (Phi) is 6.03. The first-order valence-corrected chi connectivity index (χ1v) is 10.9. The normalized spacial score (nSPS) is 23.6. The third-order valence-electron chi connectivity index (χ3n) is 6.83. The molecule has 0 amide bonds. The molecule has 0 bridgehead atoms. The first kappa shape index (κ1) is 20.5. The third-order valence-corrected chi connectivity index (χ3v) is 6.83. The summed E-state index contributed by atoms with van der Waals surface area (Å²) in [4.78, 5) is 0. The molecule has 156 valence electrons. The predicted octanol–water partition coefficient (Wildman–Crippen LogP) is 5.81. The maximum absolute atomic E-state index is 13.4. The van der Waals surface area contributed by atoms with Crippen molar-refractivity contribution in [3.63, 3.8) is 0 Å². The molecule has 1 aliphatic carbocycles. The van der Waals surface area contributed by atoms with Crippen molar-refractivity contribution in [1.82, 2.24) is 5.32 Å². The Hall–Kier alpha value is -1.78. The molecule has 4 heteroatoms. The Bertz CT molecular complexity index is 826. The van der Waals surface area contributed by atoms with E-state index in [1.54, 1.807) is 0 Å². The maximum atomic E-state index is 13.4. The van der Waals surface area contributed by atoms with Gasteiger partial charge in [-0.15, -0.1) is 0 Å². The van der Waals surface area contributed by atoms with E-state index < -0.39 is 11.6 Å². The van der Waals surface area contributed by atoms with Gasteiger partial charge >= 0.3 is 0 Å². The van der Waals surface area contributed by atoms with Gasteiger partial charge in [-0.05, 0) is 68.8 Å². The molecule has 1 N–H and O–H groups in total. The Morgan fingerprint density at radius 2 is 1.76 bits per heavy atom. The molecular weight excluding hydrogens is 368 g/mol. The van der Waals surface area contributed by atoms with Gasteiger partial charge in [0.2, 0.25) is 0 Å². The molecule has 1 spiro atoms. The van der Waals surface area contributed by atoms with Crippen LogP contribution >= 0.6 is 0 Å². The summed E-state index contributed by atoms with van der Waals surface area (Å²) < 4.78 is 33.2. The number of nitrogens with one attached hydrogen (secondary N) is 1. The summed E-state index contributed by atoms with van der Waals surface area (Å²) in [6.07, 6.45) is 7.93. The monoisotopic (exact) mass is 399 g/mol. The van der Waals surface area contributed by atoms with Crippen LogP contribution in [0, 0.1) is 18.6 Å². The minimum absolute atomic E-state index is 0.0354. The quantitative estimate of drug-likeness (QED) is 0.619. The molecule has 2 aromatic rings. The van der Waals surface area contributed by atoms with Crippen molar-refractivity contribution in [2.45, 2.75) is 69.4 Å². The van der Waals surface area contributed by atoms with Crippen LogP contribution in [0.1, 0.15) is 61.6 Å². The molecule has 0 unspecified atom stereocenters. The highest BCUT2D eigenvalue weighted by Gasteiger charge is 2.47. The van der Waals surface area contributed by atoms with E-state index in [1.165, 1.54) is 36.1 Å².